The first-order chi connectivity index (χ1) is 11.9. The molecule has 0 aliphatic carbocycles. The Hall–Kier alpha value is -2.06. The number of hydrogen-bond acceptors (Lipinski definition) is 4. The number of hydrogen-bond donors (Lipinski definition) is 1. The largest absolute Gasteiger partial charge is 0.492 e. The average Bonchev–Trinajstić information content (AvgIpc) is 2.55. The maximum absolute atomic E-state index is 12.7. The van der Waals surface area contributed by atoms with Crippen LogP contribution in [0.2, 0.25) is 0 Å². The Balaban J connectivity index is 2.90. The van der Waals surface area contributed by atoms with Crippen LogP contribution in [0.5, 0.6) is 5.75 Å². The molecule has 5 nitrogen and oxygen atoms in total. The SMILES string of the molecule is CCCCOc1ccc(NC(=O)[C@](C)(CC(C)C)OCC)cc1C#N. The standard InChI is InChI=1S/C20H30N2O3/c1-6-8-11-24-18-10-9-17(12-16(18)14-21)22-19(23)20(5,25-7-2)13-15(3)4/h9-10,12,15H,6-8,11,13H2,1-5H3,(H,22,23)/t20-/m0/s1. The molecule has 5 heteroatoms. The topological polar surface area (TPSA) is 71.3 Å². The van der Waals surface area contributed by atoms with Crippen molar-refractivity contribution in [3.05, 3.63) is 23.8 Å². The van der Waals surface area contributed by atoms with Gasteiger partial charge in [0.1, 0.15) is 17.4 Å². The number of benzene rings is 1. The van der Waals surface area contributed by atoms with Crippen molar-refractivity contribution in [2.24, 2.45) is 5.92 Å². The summed E-state index contributed by atoms with van der Waals surface area (Å²) in [5.74, 6) is 0.668. The van der Waals surface area contributed by atoms with E-state index in [-0.39, 0.29) is 5.91 Å². The Bertz CT molecular complexity index is 607. The van der Waals surface area contributed by atoms with Crippen LogP contribution in [-0.4, -0.2) is 24.7 Å². The van der Waals surface area contributed by atoms with E-state index in [9.17, 15) is 10.1 Å². The van der Waals surface area contributed by atoms with E-state index in [0.29, 0.717) is 42.6 Å². The second-order valence-corrected chi connectivity index (χ2v) is 6.74. The molecular formula is C20H30N2O3. The maximum Gasteiger partial charge on any atom is 0.256 e. The molecule has 0 saturated carbocycles. The number of carbonyl (C=O) groups is 1. The zero-order valence-electron chi connectivity index (χ0n) is 16.0. The molecule has 25 heavy (non-hydrogen) atoms. The van der Waals surface area contributed by atoms with Crippen LogP contribution in [0.4, 0.5) is 5.69 Å². The molecular weight excluding hydrogens is 316 g/mol. The summed E-state index contributed by atoms with van der Waals surface area (Å²) in [5.41, 5.74) is 0.0846. The fourth-order valence-corrected chi connectivity index (χ4v) is 2.73. The second kappa shape index (κ2) is 10.0. The minimum Gasteiger partial charge on any atom is -0.492 e. The molecule has 0 radical (unpaired) electrons. The molecule has 1 atom stereocenters. The van der Waals surface area contributed by atoms with Crippen molar-refractivity contribution in [2.45, 2.75) is 59.5 Å². The highest BCUT2D eigenvalue weighted by molar-refractivity contribution is 5.97. The number of nitriles is 1. The number of nitrogens with zero attached hydrogens (tertiary/aromatic N) is 1. The summed E-state index contributed by atoms with van der Waals surface area (Å²) in [6, 6.07) is 7.24. The van der Waals surface area contributed by atoms with Crippen LogP contribution in [-0.2, 0) is 9.53 Å². The van der Waals surface area contributed by atoms with Crippen molar-refractivity contribution in [2.75, 3.05) is 18.5 Å². The van der Waals surface area contributed by atoms with E-state index in [1.165, 1.54) is 0 Å². The lowest BCUT2D eigenvalue weighted by molar-refractivity contribution is -0.140. The van der Waals surface area contributed by atoms with Crippen LogP contribution >= 0.6 is 0 Å². The summed E-state index contributed by atoms with van der Waals surface area (Å²) in [6.07, 6.45) is 2.59. The summed E-state index contributed by atoms with van der Waals surface area (Å²) in [5, 5.41) is 12.2. The number of rotatable bonds is 10. The number of carbonyl (C=O) groups excluding carboxylic acids is 1. The molecule has 1 N–H and O–H groups in total. The molecule has 138 valence electrons. The van der Waals surface area contributed by atoms with Gasteiger partial charge in [-0.05, 0) is 50.8 Å². The van der Waals surface area contributed by atoms with Gasteiger partial charge in [0.25, 0.3) is 5.91 Å². The Morgan fingerprint density at radius 3 is 2.64 bits per heavy atom. The molecule has 0 fully saturated rings. The van der Waals surface area contributed by atoms with Gasteiger partial charge in [-0.15, -0.1) is 0 Å². The van der Waals surface area contributed by atoms with E-state index in [0.717, 1.165) is 12.8 Å². The van der Waals surface area contributed by atoms with Gasteiger partial charge in [0.05, 0.1) is 12.2 Å². The second-order valence-electron chi connectivity index (χ2n) is 6.74. The lowest BCUT2D eigenvalue weighted by Gasteiger charge is -2.30. The van der Waals surface area contributed by atoms with E-state index in [1.807, 2.05) is 6.92 Å². The predicted octanol–water partition coefficient (Wildman–Crippen LogP) is 4.52. The molecule has 0 heterocycles. The van der Waals surface area contributed by atoms with Crippen LogP contribution in [0.15, 0.2) is 18.2 Å². The highest BCUT2D eigenvalue weighted by atomic mass is 16.5. The highest BCUT2D eigenvalue weighted by Gasteiger charge is 2.34. The van der Waals surface area contributed by atoms with Crippen molar-refractivity contribution in [1.82, 2.24) is 0 Å². The van der Waals surface area contributed by atoms with Crippen molar-refractivity contribution >= 4 is 11.6 Å². The molecule has 0 aliphatic rings. The van der Waals surface area contributed by atoms with Crippen LogP contribution < -0.4 is 10.1 Å². The van der Waals surface area contributed by atoms with Crippen LogP contribution in [0.3, 0.4) is 0 Å². The Kier molecular flexibility index (Phi) is 8.44. The molecule has 1 rings (SSSR count). The smallest absolute Gasteiger partial charge is 0.256 e. The predicted molar refractivity (Wildman–Crippen MR) is 99.7 cm³/mol. The Morgan fingerprint density at radius 2 is 2.08 bits per heavy atom. The van der Waals surface area contributed by atoms with Gasteiger partial charge in [0.2, 0.25) is 0 Å². The number of ether oxygens (including phenoxy) is 2. The van der Waals surface area contributed by atoms with Gasteiger partial charge >= 0.3 is 0 Å². The molecule has 0 aliphatic heterocycles. The van der Waals surface area contributed by atoms with Crippen molar-refractivity contribution in [1.29, 1.82) is 5.26 Å². The van der Waals surface area contributed by atoms with Gasteiger partial charge in [0.15, 0.2) is 0 Å². The van der Waals surface area contributed by atoms with E-state index in [1.54, 1.807) is 25.1 Å². The number of nitrogens with one attached hydrogen (secondary N) is 1. The lowest BCUT2D eigenvalue weighted by Crippen LogP contribution is -2.44. The number of anilines is 1. The summed E-state index contributed by atoms with van der Waals surface area (Å²) >= 11 is 0. The summed E-state index contributed by atoms with van der Waals surface area (Å²) < 4.78 is 11.3. The molecule has 0 spiro atoms. The fraction of sp³-hybridized carbons (Fsp3) is 0.600. The monoisotopic (exact) mass is 346 g/mol. The highest BCUT2D eigenvalue weighted by Crippen LogP contribution is 2.26. The van der Waals surface area contributed by atoms with Gasteiger partial charge < -0.3 is 14.8 Å². The van der Waals surface area contributed by atoms with Crippen LogP contribution in [0.1, 0.15) is 59.4 Å². The van der Waals surface area contributed by atoms with Crippen LogP contribution in [0, 0.1) is 17.2 Å². The van der Waals surface area contributed by atoms with E-state index in [4.69, 9.17) is 9.47 Å². The molecule has 1 aromatic carbocycles. The van der Waals surface area contributed by atoms with Gasteiger partial charge in [0, 0.05) is 12.3 Å². The van der Waals surface area contributed by atoms with Gasteiger partial charge in [-0.25, -0.2) is 0 Å². The van der Waals surface area contributed by atoms with Gasteiger partial charge in [-0.2, -0.15) is 5.26 Å². The maximum atomic E-state index is 12.7. The van der Waals surface area contributed by atoms with Crippen molar-refractivity contribution < 1.29 is 14.3 Å². The molecule has 0 bridgehead atoms. The third kappa shape index (κ3) is 6.39. The minimum atomic E-state index is -0.897. The van der Waals surface area contributed by atoms with E-state index < -0.39 is 5.60 Å². The molecule has 0 aromatic heterocycles. The first-order valence-electron chi connectivity index (χ1n) is 8.98. The molecule has 0 unspecified atom stereocenters. The first kappa shape index (κ1) is 21.0. The molecule has 1 amide bonds. The number of unbranched alkanes of at least 4 members (excludes halogenated alkanes) is 1. The zero-order valence-corrected chi connectivity index (χ0v) is 16.0. The Morgan fingerprint density at radius 1 is 1.36 bits per heavy atom. The fourth-order valence-electron chi connectivity index (χ4n) is 2.73. The molecule has 1 aromatic rings. The normalized spacial score (nSPS) is 13.2. The van der Waals surface area contributed by atoms with E-state index in [2.05, 4.69) is 32.2 Å². The van der Waals surface area contributed by atoms with E-state index >= 15 is 0 Å². The Labute approximate surface area is 151 Å². The zero-order chi connectivity index (χ0) is 18.9. The lowest BCUT2D eigenvalue weighted by atomic mass is 9.93. The van der Waals surface area contributed by atoms with Crippen molar-refractivity contribution in [3.8, 4) is 11.8 Å². The quantitative estimate of drug-likeness (QED) is 0.632. The van der Waals surface area contributed by atoms with Crippen molar-refractivity contribution in [3.63, 3.8) is 0 Å². The third-order valence-corrected chi connectivity index (χ3v) is 3.85. The third-order valence-electron chi connectivity index (χ3n) is 3.85. The minimum absolute atomic E-state index is 0.202. The summed E-state index contributed by atoms with van der Waals surface area (Å²) in [6.45, 7) is 10.9. The van der Waals surface area contributed by atoms with Gasteiger partial charge in [-0.3, -0.25) is 4.79 Å². The number of amides is 1. The van der Waals surface area contributed by atoms with Crippen LogP contribution in [0.25, 0.3) is 0 Å². The summed E-state index contributed by atoms with van der Waals surface area (Å²) in [7, 11) is 0. The average molecular weight is 346 g/mol. The van der Waals surface area contributed by atoms with Gasteiger partial charge in [-0.1, -0.05) is 27.2 Å². The summed E-state index contributed by atoms with van der Waals surface area (Å²) in [4.78, 5) is 12.7. The molecule has 0 saturated heterocycles. The first-order valence-corrected chi connectivity index (χ1v) is 8.98.